The van der Waals surface area contributed by atoms with Crippen LogP contribution in [0.4, 0.5) is 11.5 Å². The molecule has 1 aromatic heterocycles. The fraction of sp³-hybridized carbons (Fsp3) is 0.375. The van der Waals surface area contributed by atoms with Crippen molar-refractivity contribution in [2.45, 2.75) is 36.1 Å². The maximum Gasteiger partial charge on any atom is 0.156 e. The molecule has 0 atom stereocenters. The van der Waals surface area contributed by atoms with E-state index >= 15 is 0 Å². The maximum atomic E-state index is 6.30. The summed E-state index contributed by atoms with van der Waals surface area (Å²) >= 11 is 1.60. The third kappa shape index (κ3) is 3.29. The van der Waals surface area contributed by atoms with E-state index in [-0.39, 0.29) is 0 Å². The molecule has 0 bridgehead atoms. The largest absolute Gasteiger partial charge is 0.394 e. The number of nitrogens with two attached hydrogens (primary N) is 1. The number of hydrogen-bond donors (Lipinski definition) is 1. The molecular formula is C16H20N4S. The zero-order valence-corrected chi connectivity index (χ0v) is 13.1. The fourth-order valence-corrected chi connectivity index (χ4v) is 3.32. The van der Waals surface area contributed by atoms with Gasteiger partial charge in [-0.3, -0.25) is 0 Å². The van der Waals surface area contributed by atoms with Gasteiger partial charge >= 0.3 is 0 Å². The predicted octanol–water partition coefficient (Wildman–Crippen LogP) is 3.51. The summed E-state index contributed by atoms with van der Waals surface area (Å²) in [6.45, 7) is 4.16. The Morgan fingerprint density at radius 1 is 1.05 bits per heavy atom. The van der Waals surface area contributed by atoms with Gasteiger partial charge in [0.05, 0.1) is 0 Å². The van der Waals surface area contributed by atoms with Crippen molar-refractivity contribution >= 4 is 23.3 Å². The highest BCUT2D eigenvalue weighted by molar-refractivity contribution is 7.99. The molecule has 3 rings (SSSR count). The highest BCUT2D eigenvalue weighted by atomic mass is 32.2. The summed E-state index contributed by atoms with van der Waals surface area (Å²) in [6, 6.07) is 8.40. The molecule has 0 saturated carbocycles. The molecule has 0 radical (unpaired) electrons. The van der Waals surface area contributed by atoms with Gasteiger partial charge in [-0.2, -0.15) is 0 Å². The topological polar surface area (TPSA) is 55.0 Å². The molecule has 1 fully saturated rings. The summed E-state index contributed by atoms with van der Waals surface area (Å²) in [5, 5.41) is 0.842. The van der Waals surface area contributed by atoms with E-state index in [9.17, 15) is 0 Å². The lowest BCUT2D eigenvalue weighted by Gasteiger charge is -2.28. The van der Waals surface area contributed by atoms with Crippen molar-refractivity contribution in [3.63, 3.8) is 0 Å². The zero-order valence-electron chi connectivity index (χ0n) is 12.2. The molecule has 2 N–H and O–H groups in total. The Bertz CT molecular complexity index is 606. The Hall–Kier alpha value is -1.75. The minimum absolute atomic E-state index is 0.699. The van der Waals surface area contributed by atoms with E-state index in [1.165, 1.54) is 24.8 Å². The van der Waals surface area contributed by atoms with Crippen molar-refractivity contribution in [2.24, 2.45) is 0 Å². The monoisotopic (exact) mass is 300 g/mol. The zero-order chi connectivity index (χ0) is 14.7. The second-order valence-electron chi connectivity index (χ2n) is 5.38. The molecule has 1 aliphatic heterocycles. The number of aromatic nitrogens is 2. The Labute approximate surface area is 129 Å². The average Bonchev–Trinajstić information content (AvgIpc) is 2.52. The van der Waals surface area contributed by atoms with Gasteiger partial charge < -0.3 is 10.6 Å². The molecule has 4 nitrogen and oxygen atoms in total. The molecule has 0 unspecified atom stereocenters. The molecule has 1 saturated heterocycles. The quantitative estimate of drug-likeness (QED) is 0.879. The lowest BCUT2D eigenvalue weighted by atomic mass is 10.1. The van der Waals surface area contributed by atoms with Gasteiger partial charge in [0.2, 0.25) is 0 Å². The first-order chi connectivity index (χ1) is 10.2. The maximum absolute atomic E-state index is 6.30. The lowest BCUT2D eigenvalue weighted by molar-refractivity contribution is 0.573. The van der Waals surface area contributed by atoms with E-state index in [1.54, 1.807) is 18.1 Å². The predicted molar refractivity (Wildman–Crippen MR) is 87.8 cm³/mol. The molecule has 21 heavy (non-hydrogen) atoms. The summed E-state index contributed by atoms with van der Waals surface area (Å²) < 4.78 is 0. The van der Waals surface area contributed by atoms with Crippen LogP contribution in [0.1, 0.15) is 24.8 Å². The Balaban J connectivity index is 1.84. The molecule has 0 amide bonds. The molecule has 110 valence electrons. The van der Waals surface area contributed by atoms with E-state index in [0.29, 0.717) is 5.69 Å². The van der Waals surface area contributed by atoms with Crippen LogP contribution in [0.3, 0.4) is 0 Å². The van der Waals surface area contributed by atoms with Crippen LogP contribution in [0.15, 0.2) is 40.5 Å². The molecule has 1 aliphatic rings. The number of aryl methyl sites for hydroxylation is 1. The molecule has 0 spiro atoms. The fourth-order valence-electron chi connectivity index (χ4n) is 2.53. The van der Waals surface area contributed by atoms with Gasteiger partial charge in [-0.05, 0) is 38.3 Å². The number of hydrogen-bond acceptors (Lipinski definition) is 5. The van der Waals surface area contributed by atoms with Gasteiger partial charge in [0, 0.05) is 18.0 Å². The Morgan fingerprint density at radius 2 is 1.76 bits per heavy atom. The molecule has 1 aromatic carbocycles. The second-order valence-corrected chi connectivity index (χ2v) is 6.44. The van der Waals surface area contributed by atoms with Crippen LogP contribution < -0.4 is 10.6 Å². The van der Waals surface area contributed by atoms with Crippen molar-refractivity contribution in [3.05, 3.63) is 36.2 Å². The van der Waals surface area contributed by atoms with Crippen LogP contribution in [-0.2, 0) is 0 Å². The number of piperidine rings is 1. The van der Waals surface area contributed by atoms with Crippen molar-refractivity contribution in [2.75, 3.05) is 23.7 Å². The minimum atomic E-state index is 0.699. The van der Waals surface area contributed by atoms with Crippen molar-refractivity contribution < 1.29 is 0 Å². The van der Waals surface area contributed by atoms with E-state index in [4.69, 9.17) is 5.73 Å². The van der Waals surface area contributed by atoms with Crippen LogP contribution in [0.2, 0.25) is 0 Å². The SMILES string of the molecule is Cc1ccc(Sc2ncnc(N3CCCCC3)c2N)cc1. The van der Waals surface area contributed by atoms with E-state index < -0.39 is 0 Å². The summed E-state index contributed by atoms with van der Waals surface area (Å²) in [5.41, 5.74) is 8.26. The van der Waals surface area contributed by atoms with Crippen LogP contribution in [0.25, 0.3) is 0 Å². The number of nitrogens with zero attached hydrogens (tertiary/aromatic N) is 3. The van der Waals surface area contributed by atoms with E-state index in [2.05, 4.69) is 46.1 Å². The first-order valence-corrected chi connectivity index (χ1v) is 8.15. The third-order valence-corrected chi connectivity index (χ3v) is 4.74. The Kier molecular flexibility index (Phi) is 4.29. The highest BCUT2D eigenvalue weighted by Crippen LogP contribution is 2.35. The number of benzene rings is 1. The Morgan fingerprint density at radius 3 is 2.48 bits per heavy atom. The molecule has 0 aliphatic carbocycles. The normalized spacial score (nSPS) is 15.2. The number of nitrogen functional groups attached to an aromatic ring is 1. The third-order valence-electron chi connectivity index (χ3n) is 3.72. The van der Waals surface area contributed by atoms with Crippen LogP contribution in [0.5, 0.6) is 0 Å². The first-order valence-electron chi connectivity index (χ1n) is 7.34. The van der Waals surface area contributed by atoms with Gasteiger partial charge in [0.25, 0.3) is 0 Å². The van der Waals surface area contributed by atoms with E-state index in [1.807, 2.05) is 0 Å². The van der Waals surface area contributed by atoms with Crippen LogP contribution >= 0.6 is 11.8 Å². The van der Waals surface area contributed by atoms with Crippen LogP contribution in [0, 0.1) is 6.92 Å². The summed E-state index contributed by atoms with van der Waals surface area (Å²) in [4.78, 5) is 12.2. The van der Waals surface area contributed by atoms with Crippen LogP contribution in [-0.4, -0.2) is 23.1 Å². The first kappa shape index (κ1) is 14.2. The average molecular weight is 300 g/mol. The summed E-state index contributed by atoms with van der Waals surface area (Å²) in [7, 11) is 0. The van der Waals surface area contributed by atoms with Gasteiger partial charge in [0.1, 0.15) is 17.0 Å². The minimum Gasteiger partial charge on any atom is -0.394 e. The molecule has 2 aromatic rings. The van der Waals surface area contributed by atoms with E-state index in [0.717, 1.165) is 28.8 Å². The van der Waals surface area contributed by atoms with Gasteiger partial charge in [0.15, 0.2) is 5.82 Å². The molecular weight excluding hydrogens is 280 g/mol. The molecule has 2 heterocycles. The lowest BCUT2D eigenvalue weighted by Crippen LogP contribution is -2.31. The second kappa shape index (κ2) is 6.35. The van der Waals surface area contributed by atoms with Crippen molar-refractivity contribution in [1.29, 1.82) is 0 Å². The smallest absolute Gasteiger partial charge is 0.156 e. The van der Waals surface area contributed by atoms with Gasteiger partial charge in [-0.1, -0.05) is 29.5 Å². The number of anilines is 2. The van der Waals surface area contributed by atoms with Gasteiger partial charge in [-0.15, -0.1) is 0 Å². The van der Waals surface area contributed by atoms with Gasteiger partial charge in [-0.25, -0.2) is 9.97 Å². The van der Waals surface area contributed by atoms with Crippen molar-refractivity contribution in [1.82, 2.24) is 9.97 Å². The summed E-state index contributed by atoms with van der Waals surface area (Å²) in [5.74, 6) is 0.888. The standard InChI is InChI=1S/C16H20N4S/c1-12-5-7-13(8-6-12)21-16-14(17)15(18-11-19-16)20-9-3-2-4-10-20/h5-8,11H,2-4,9-10,17H2,1H3. The summed E-state index contributed by atoms with van der Waals surface area (Å²) in [6.07, 6.45) is 5.34. The highest BCUT2D eigenvalue weighted by Gasteiger charge is 2.17. The van der Waals surface area contributed by atoms with Crippen molar-refractivity contribution in [3.8, 4) is 0 Å². The molecule has 5 heteroatoms. The number of rotatable bonds is 3.